The van der Waals surface area contributed by atoms with Crippen molar-refractivity contribution in [3.63, 3.8) is 0 Å². The van der Waals surface area contributed by atoms with E-state index in [0.717, 1.165) is 6.04 Å². The molecular formula is C21H47N3. The van der Waals surface area contributed by atoms with Crippen LogP contribution in [0, 0.1) is 0 Å². The van der Waals surface area contributed by atoms with Crippen molar-refractivity contribution in [2.75, 3.05) is 39.3 Å². The summed E-state index contributed by atoms with van der Waals surface area (Å²) < 4.78 is 0. The fraction of sp³-hybridized carbons (Fsp3) is 1.00. The van der Waals surface area contributed by atoms with E-state index in [4.69, 9.17) is 0 Å². The highest BCUT2D eigenvalue weighted by Crippen LogP contribution is 2.08. The second-order valence-electron chi connectivity index (χ2n) is 7.80. The Bertz CT molecular complexity index is 278. The summed E-state index contributed by atoms with van der Waals surface area (Å²) in [7, 11) is 0. The Morgan fingerprint density at radius 2 is 0.958 bits per heavy atom. The summed E-state index contributed by atoms with van der Waals surface area (Å²) in [6, 6.07) is 2.06. The van der Waals surface area contributed by atoms with Gasteiger partial charge in [-0.25, -0.2) is 0 Å². The van der Waals surface area contributed by atoms with Gasteiger partial charge in [-0.3, -0.25) is 0 Å². The molecule has 0 saturated carbocycles. The lowest BCUT2D eigenvalue weighted by Gasteiger charge is -2.30. The Morgan fingerprint density at radius 3 is 1.38 bits per heavy atom. The summed E-state index contributed by atoms with van der Waals surface area (Å²) in [5.74, 6) is 0. The van der Waals surface area contributed by atoms with Crippen LogP contribution in [-0.4, -0.2) is 72.1 Å². The number of nitrogens with zero attached hydrogens (tertiary/aromatic N) is 3. The lowest BCUT2D eigenvalue weighted by Crippen LogP contribution is -2.37. The molecule has 3 heteroatoms. The van der Waals surface area contributed by atoms with Gasteiger partial charge in [0.2, 0.25) is 0 Å². The molecule has 146 valence electrons. The second kappa shape index (κ2) is 14.1. The molecule has 0 N–H and O–H groups in total. The van der Waals surface area contributed by atoms with Gasteiger partial charge in [0, 0.05) is 18.1 Å². The van der Waals surface area contributed by atoms with E-state index < -0.39 is 0 Å². The van der Waals surface area contributed by atoms with E-state index in [9.17, 15) is 0 Å². The summed E-state index contributed by atoms with van der Waals surface area (Å²) in [6.45, 7) is 25.9. The Hall–Kier alpha value is -0.120. The van der Waals surface area contributed by atoms with Crippen molar-refractivity contribution >= 4 is 0 Å². The van der Waals surface area contributed by atoms with Crippen LogP contribution >= 0.6 is 0 Å². The molecule has 1 unspecified atom stereocenters. The Morgan fingerprint density at radius 1 is 0.542 bits per heavy atom. The van der Waals surface area contributed by atoms with Crippen molar-refractivity contribution in [2.24, 2.45) is 0 Å². The molecule has 3 nitrogen and oxygen atoms in total. The molecule has 0 heterocycles. The minimum atomic E-state index is 0.663. The van der Waals surface area contributed by atoms with Crippen molar-refractivity contribution < 1.29 is 0 Å². The molecule has 0 amide bonds. The van der Waals surface area contributed by atoms with Crippen LogP contribution in [0.2, 0.25) is 0 Å². The van der Waals surface area contributed by atoms with Crippen molar-refractivity contribution in [3.05, 3.63) is 0 Å². The van der Waals surface area contributed by atoms with E-state index in [0.29, 0.717) is 12.1 Å². The zero-order valence-electron chi connectivity index (χ0n) is 18.1. The van der Waals surface area contributed by atoms with Crippen molar-refractivity contribution in [2.45, 2.75) is 99.2 Å². The van der Waals surface area contributed by atoms with Gasteiger partial charge >= 0.3 is 0 Å². The molecule has 0 fully saturated rings. The predicted molar refractivity (Wildman–Crippen MR) is 110 cm³/mol. The molecule has 0 aliphatic carbocycles. The van der Waals surface area contributed by atoms with Crippen molar-refractivity contribution in [1.82, 2.24) is 14.7 Å². The van der Waals surface area contributed by atoms with E-state index >= 15 is 0 Å². The third-order valence-corrected chi connectivity index (χ3v) is 5.52. The van der Waals surface area contributed by atoms with Gasteiger partial charge in [0.1, 0.15) is 0 Å². The lowest BCUT2D eigenvalue weighted by molar-refractivity contribution is 0.173. The van der Waals surface area contributed by atoms with Gasteiger partial charge in [-0.2, -0.15) is 0 Å². The molecule has 0 aromatic heterocycles. The van der Waals surface area contributed by atoms with Crippen LogP contribution < -0.4 is 0 Å². The van der Waals surface area contributed by atoms with Gasteiger partial charge in [0.25, 0.3) is 0 Å². The quantitative estimate of drug-likeness (QED) is 0.399. The van der Waals surface area contributed by atoms with Crippen molar-refractivity contribution in [3.8, 4) is 0 Å². The molecule has 0 radical (unpaired) electrons. The minimum absolute atomic E-state index is 0.663. The van der Waals surface area contributed by atoms with Gasteiger partial charge in [0.15, 0.2) is 0 Å². The molecule has 1 atom stereocenters. The number of hydrogen-bond acceptors (Lipinski definition) is 3. The Labute approximate surface area is 153 Å². The normalized spacial score (nSPS) is 13.9. The largest absolute Gasteiger partial charge is 0.301 e. The first-order valence-electron chi connectivity index (χ1n) is 10.6. The third kappa shape index (κ3) is 10.0. The van der Waals surface area contributed by atoms with Crippen LogP contribution in [0.1, 0.15) is 81.1 Å². The Kier molecular flexibility index (Phi) is 14.0. The zero-order valence-corrected chi connectivity index (χ0v) is 18.1. The van der Waals surface area contributed by atoms with Crippen LogP contribution in [-0.2, 0) is 0 Å². The predicted octanol–water partition coefficient (Wildman–Crippen LogP) is 4.72. The molecule has 0 rings (SSSR count). The molecule has 0 saturated heterocycles. The van der Waals surface area contributed by atoms with Gasteiger partial charge in [0.05, 0.1) is 0 Å². The van der Waals surface area contributed by atoms with Crippen LogP contribution in [0.3, 0.4) is 0 Å². The fourth-order valence-electron chi connectivity index (χ4n) is 3.46. The van der Waals surface area contributed by atoms with E-state index in [2.05, 4.69) is 70.1 Å². The summed E-state index contributed by atoms with van der Waals surface area (Å²) in [5, 5.41) is 0. The highest BCUT2D eigenvalue weighted by molar-refractivity contribution is 4.68. The average Bonchev–Trinajstić information content (AvgIpc) is 2.55. The molecule has 0 aromatic rings. The van der Waals surface area contributed by atoms with Crippen LogP contribution in [0.15, 0.2) is 0 Å². The fourth-order valence-corrected chi connectivity index (χ4v) is 3.46. The molecule has 0 spiro atoms. The van der Waals surface area contributed by atoms with Crippen molar-refractivity contribution in [1.29, 1.82) is 0 Å². The van der Waals surface area contributed by atoms with Crippen LogP contribution in [0.4, 0.5) is 0 Å². The first kappa shape index (κ1) is 23.9. The maximum absolute atomic E-state index is 2.67. The lowest BCUT2D eigenvalue weighted by atomic mass is 10.2. The van der Waals surface area contributed by atoms with E-state index in [1.54, 1.807) is 0 Å². The van der Waals surface area contributed by atoms with Gasteiger partial charge < -0.3 is 14.7 Å². The molecule has 0 aliphatic heterocycles. The minimum Gasteiger partial charge on any atom is -0.301 e. The number of rotatable bonds is 15. The average molecular weight is 342 g/mol. The molecule has 0 aromatic carbocycles. The highest BCUT2D eigenvalue weighted by atomic mass is 15.2. The van der Waals surface area contributed by atoms with E-state index in [-0.39, 0.29) is 0 Å². The number of hydrogen-bond donors (Lipinski definition) is 0. The number of unbranched alkanes of at least 4 members (excludes halogenated alkanes) is 1. The second-order valence-corrected chi connectivity index (χ2v) is 7.80. The molecule has 24 heavy (non-hydrogen) atoms. The standard InChI is InChI=1S/C21H47N3/c1-9-21(8)23(11-3)15-12-13-16-24(20(6)7)18-14-17-22(10-2)19(4)5/h19-21H,9-18H2,1-8H3. The van der Waals surface area contributed by atoms with Crippen LogP contribution in [0.25, 0.3) is 0 Å². The van der Waals surface area contributed by atoms with Gasteiger partial charge in [-0.15, -0.1) is 0 Å². The maximum Gasteiger partial charge on any atom is 0.00641 e. The summed E-state index contributed by atoms with van der Waals surface area (Å²) in [5.41, 5.74) is 0. The van der Waals surface area contributed by atoms with Gasteiger partial charge in [-0.1, -0.05) is 20.8 Å². The highest BCUT2D eigenvalue weighted by Gasteiger charge is 2.13. The smallest absolute Gasteiger partial charge is 0.00641 e. The molecule has 0 aliphatic rings. The summed E-state index contributed by atoms with van der Waals surface area (Å²) in [4.78, 5) is 7.87. The first-order chi connectivity index (χ1) is 11.4. The maximum atomic E-state index is 2.67. The summed E-state index contributed by atoms with van der Waals surface area (Å²) in [6.07, 6.45) is 5.20. The zero-order chi connectivity index (χ0) is 18.5. The van der Waals surface area contributed by atoms with E-state index in [1.807, 2.05) is 0 Å². The topological polar surface area (TPSA) is 9.72 Å². The third-order valence-electron chi connectivity index (χ3n) is 5.52. The molecule has 0 bridgehead atoms. The van der Waals surface area contributed by atoms with E-state index in [1.165, 1.54) is 65.0 Å². The monoisotopic (exact) mass is 341 g/mol. The first-order valence-corrected chi connectivity index (χ1v) is 10.6. The Balaban J connectivity index is 4.08. The SMILES string of the molecule is CCC(C)N(CC)CCCCN(CCCN(CC)C(C)C)C(C)C. The summed E-state index contributed by atoms with van der Waals surface area (Å²) >= 11 is 0. The van der Waals surface area contributed by atoms with Gasteiger partial charge in [-0.05, 0) is 99.6 Å². The molecular weight excluding hydrogens is 294 g/mol. The van der Waals surface area contributed by atoms with Crippen LogP contribution in [0.5, 0.6) is 0 Å².